The molecule has 34 heavy (non-hydrogen) atoms. The predicted molar refractivity (Wildman–Crippen MR) is 132 cm³/mol. The molecule has 2 aromatic rings. The fourth-order valence-corrected chi connectivity index (χ4v) is 5.21. The molecule has 0 N–H and O–H groups in total. The van der Waals surface area contributed by atoms with Crippen molar-refractivity contribution < 1.29 is 19.1 Å². The lowest BCUT2D eigenvalue weighted by Gasteiger charge is -2.41. The van der Waals surface area contributed by atoms with E-state index in [1.54, 1.807) is 7.11 Å². The summed E-state index contributed by atoms with van der Waals surface area (Å²) in [6, 6.07) is 17.3. The van der Waals surface area contributed by atoms with Crippen LogP contribution in [0.3, 0.4) is 0 Å². The molecule has 0 unspecified atom stereocenters. The molecule has 2 aromatic carbocycles. The molecule has 0 aromatic heterocycles. The monoisotopic (exact) mass is 464 g/mol. The molecule has 5 rings (SSSR count). The van der Waals surface area contributed by atoms with Crippen LogP contribution in [0.25, 0.3) is 0 Å². The third-order valence-corrected chi connectivity index (χ3v) is 7.23. The van der Waals surface area contributed by atoms with Crippen molar-refractivity contribution in [1.82, 2.24) is 9.80 Å². The Labute approximate surface area is 202 Å². The van der Waals surface area contributed by atoms with Crippen LogP contribution < -0.4 is 4.74 Å². The van der Waals surface area contributed by atoms with Crippen LogP contribution in [-0.4, -0.2) is 68.1 Å². The highest BCUT2D eigenvalue weighted by molar-refractivity contribution is 5.97. The Hall–Kier alpha value is -2.86. The molecule has 2 bridgehead atoms. The van der Waals surface area contributed by atoms with Gasteiger partial charge in [0.05, 0.1) is 25.1 Å². The van der Waals surface area contributed by atoms with Crippen LogP contribution in [0, 0.1) is 5.41 Å². The van der Waals surface area contributed by atoms with E-state index in [2.05, 4.69) is 0 Å². The Morgan fingerprint density at radius 1 is 0.941 bits per heavy atom. The third kappa shape index (κ3) is 5.98. The number of rotatable bonds is 4. The van der Waals surface area contributed by atoms with Crippen LogP contribution in [-0.2, 0) is 16.0 Å². The molecule has 182 valence electrons. The van der Waals surface area contributed by atoms with Crippen molar-refractivity contribution >= 4 is 11.8 Å². The topological polar surface area (TPSA) is 59.1 Å². The molecule has 2 amide bonds. The molecule has 0 spiro atoms. The first-order valence-electron chi connectivity index (χ1n) is 12.4. The molecular weight excluding hydrogens is 428 g/mol. The minimum atomic E-state index is 0.0218. The first-order chi connectivity index (χ1) is 16.6. The Balaban J connectivity index is 1.53. The van der Waals surface area contributed by atoms with E-state index in [9.17, 15) is 9.59 Å². The van der Waals surface area contributed by atoms with E-state index in [0.717, 1.165) is 50.8 Å². The van der Waals surface area contributed by atoms with Gasteiger partial charge in [0.25, 0.3) is 5.91 Å². The average Bonchev–Trinajstić information content (AvgIpc) is 2.87. The summed E-state index contributed by atoms with van der Waals surface area (Å²) in [6.07, 6.45) is 5.30. The van der Waals surface area contributed by atoms with Gasteiger partial charge in [-0.25, -0.2) is 0 Å². The van der Waals surface area contributed by atoms with Gasteiger partial charge in [-0.05, 0) is 48.8 Å². The van der Waals surface area contributed by atoms with Crippen molar-refractivity contribution in [2.24, 2.45) is 5.41 Å². The van der Waals surface area contributed by atoms with E-state index in [4.69, 9.17) is 9.47 Å². The van der Waals surface area contributed by atoms with Gasteiger partial charge in [-0.2, -0.15) is 0 Å². The smallest absolute Gasteiger partial charge is 0.257 e. The number of fused-ring (bicyclic) bond motifs is 9. The number of hydrogen-bond donors (Lipinski definition) is 0. The molecule has 6 heteroatoms. The molecule has 3 heterocycles. The van der Waals surface area contributed by atoms with E-state index < -0.39 is 0 Å². The SMILES string of the molecule is COCC12CCCCN(C(=O)Cc3ccccc3)CCOc3ccccc3C(=O)N(CC1)CC2. The van der Waals surface area contributed by atoms with E-state index in [1.807, 2.05) is 64.4 Å². The predicted octanol–water partition coefficient (Wildman–Crippen LogP) is 4.19. The van der Waals surface area contributed by atoms with Crippen molar-refractivity contribution in [2.45, 2.75) is 38.5 Å². The number of carbonyl (C=O) groups is 2. The molecule has 6 nitrogen and oxygen atoms in total. The second kappa shape index (κ2) is 11.5. The average molecular weight is 465 g/mol. The molecule has 1 fully saturated rings. The number of amides is 2. The summed E-state index contributed by atoms with van der Waals surface area (Å²) in [5.74, 6) is 0.724. The maximum Gasteiger partial charge on any atom is 0.257 e. The van der Waals surface area contributed by atoms with E-state index in [0.29, 0.717) is 44.0 Å². The third-order valence-electron chi connectivity index (χ3n) is 7.23. The number of ether oxygens (including phenoxy) is 2. The normalized spacial score (nSPS) is 19.0. The minimum Gasteiger partial charge on any atom is -0.491 e. The Bertz CT molecular complexity index is 954. The highest BCUT2D eigenvalue weighted by atomic mass is 16.5. The van der Waals surface area contributed by atoms with Crippen LogP contribution in [0.1, 0.15) is 48.0 Å². The number of hydrogen-bond acceptors (Lipinski definition) is 4. The first kappa shape index (κ1) is 24.3. The fraction of sp³-hybridized carbons (Fsp3) is 0.500. The molecule has 3 aliphatic rings. The van der Waals surface area contributed by atoms with Gasteiger partial charge in [0.15, 0.2) is 0 Å². The Morgan fingerprint density at radius 2 is 1.68 bits per heavy atom. The lowest BCUT2D eigenvalue weighted by molar-refractivity contribution is -0.131. The molecule has 0 atom stereocenters. The fourth-order valence-electron chi connectivity index (χ4n) is 5.21. The van der Waals surface area contributed by atoms with Crippen molar-refractivity contribution in [3.8, 4) is 5.75 Å². The largest absolute Gasteiger partial charge is 0.491 e. The van der Waals surface area contributed by atoms with E-state index >= 15 is 0 Å². The quantitative estimate of drug-likeness (QED) is 0.681. The van der Waals surface area contributed by atoms with Crippen molar-refractivity contribution in [2.75, 3.05) is 46.5 Å². The number of methoxy groups -OCH3 is 1. The molecule has 0 saturated carbocycles. The second-order valence-electron chi connectivity index (χ2n) is 9.57. The summed E-state index contributed by atoms with van der Waals surface area (Å²) in [5, 5.41) is 0. The number of benzene rings is 2. The summed E-state index contributed by atoms with van der Waals surface area (Å²) in [5.41, 5.74) is 1.71. The van der Waals surface area contributed by atoms with Crippen LogP contribution in [0.5, 0.6) is 5.75 Å². The summed E-state index contributed by atoms with van der Waals surface area (Å²) >= 11 is 0. The number of piperidine rings is 1. The van der Waals surface area contributed by atoms with Crippen molar-refractivity contribution in [3.05, 3.63) is 65.7 Å². The number of nitrogens with zero attached hydrogens (tertiary/aromatic N) is 2. The standard InChI is InChI=1S/C28H36N2O4/c1-33-22-28-13-7-8-16-29(26(31)21-23-9-3-2-4-10-23)19-20-34-25-12-6-5-11-24(25)27(32)30(17-14-28)18-15-28/h2-6,9-12H,7-8,13-22H2,1H3. The highest BCUT2D eigenvalue weighted by Crippen LogP contribution is 2.38. The van der Waals surface area contributed by atoms with E-state index in [1.165, 1.54) is 0 Å². The zero-order valence-corrected chi connectivity index (χ0v) is 20.2. The van der Waals surface area contributed by atoms with Crippen LogP contribution in [0.2, 0.25) is 0 Å². The zero-order chi connectivity index (χ0) is 23.8. The molecule has 0 aliphatic carbocycles. The molecular formula is C28H36N2O4. The van der Waals surface area contributed by atoms with Gasteiger partial charge in [-0.1, -0.05) is 48.9 Å². The van der Waals surface area contributed by atoms with Gasteiger partial charge in [0.1, 0.15) is 12.4 Å². The molecule has 1 saturated heterocycles. The maximum atomic E-state index is 13.3. The summed E-state index contributed by atoms with van der Waals surface area (Å²) in [7, 11) is 1.76. The lowest BCUT2D eigenvalue weighted by atomic mass is 9.75. The van der Waals surface area contributed by atoms with Gasteiger partial charge in [0, 0.05) is 26.7 Å². The van der Waals surface area contributed by atoms with Crippen molar-refractivity contribution in [3.63, 3.8) is 0 Å². The van der Waals surface area contributed by atoms with E-state index in [-0.39, 0.29) is 17.2 Å². The second-order valence-corrected chi connectivity index (χ2v) is 9.57. The number of para-hydroxylation sites is 1. The van der Waals surface area contributed by atoms with Gasteiger partial charge in [0.2, 0.25) is 5.91 Å². The lowest BCUT2D eigenvalue weighted by Crippen LogP contribution is -2.45. The highest BCUT2D eigenvalue weighted by Gasteiger charge is 2.36. The first-order valence-corrected chi connectivity index (χ1v) is 12.4. The van der Waals surface area contributed by atoms with Crippen LogP contribution in [0.4, 0.5) is 0 Å². The van der Waals surface area contributed by atoms with Crippen molar-refractivity contribution in [1.29, 1.82) is 0 Å². The summed E-state index contributed by atoms with van der Waals surface area (Å²) < 4.78 is 11.7. The molecule has 0 radical (unpaired) electrons. The summed E-state index contributed by atoms with van der Waals surface area (Å²) in [4.78, 5) is 30.3. The van der Waals surface area contributed by atoms with Crippen LogP contribution >= 0.6 is 0 Å². The zero-order valence-electron chi connectivity index (χ0n) is 20.2. The maximum absolute atomic E-state index is 13.3. The summed E-state index contributed by atoms with van der Waals surface area (Å²) in [6.45, 7) is 3.76. The van der Waals surface area contributed by atoms with Crippen LogP contribution in [0.15, 0.2) is 54.6 Å². The Morgan fingerprint density at radius 3 is 2.44 bits per heavy atom. The number of carbonyl (C=O) groups excluding carboxylic acids is 2. The Kier molecular flexibility index (Phi) is 8.22. The van der Waals surface area contributed by atoms with Gasteiger partial charge < -0.3 is 19.3 Å². The minimum absolute atomic E-state index is 0.0218. The van der Waals surface area contributed by atoms with Gasteiger partial charge in [-0.3, -0.25) is 9.59 Å². The molecule has 3 aliphatic heterocycles. The van der Waals surface area contributed by atoms with Gasteiger partial charge >= 0.3 is 0 Å². The van der Waals surface area contributed by atoms with Gasteiger partial charge in [-0.15, -0.1) is 0 Å².